The maximum Gasteiger partial charge on any atom is 0.306 e. The van der Waals surface area contributed by atoms with E-state index in [0.717, 1.165) is 5.56 Å². The monoisotopic (exact) mass is 406 g/mol. The number of halogens is 1. The van der Waals surface area contributed by atoms with Crippen LogP contribution in [0.4, 0.5) is 11.4 Å². The topological polar surface area (TPSA) is 108 Å². The van der Waals surface area contributed by atoms with Crippen molar-refractivity contribution in [1.29, 1.82) is 0 Å². The second-order valence-electron chi connectivity index (χ2n) is 5.67. The second kappa shape index (κ2) is 10.3. The first-order chi connectivity index (χ1) is 13.4. The Morgan fingerprint density at radius 3 is 2.68 bits per heavy atom. The Morgan fingerprint density at radius 1 is 1.21 bits per heavy atom. The van der Waals surface area contributed by atoms with Crippen LogP contribution >= 0.6 is 11.6 Å². The molecule has 0 aliphatic carbocycles. The van der Waals surface area contributed by atoms with E-state index >= 15 is 0 Å². The Bertz CT molecular complexity index is 871. The smallest absolute Gasteiger partial charge is 0.306 e. The van der Waals surface area contributed by atoms with Crippen LogP contribution in [0.1, 0.15) is 18.9 Å². The minimum Gasteiger partial charge on any atom is -0.494 e. The molecule has 0 spiro atoms. The molecule has 9 heteroatoms. The molecule has 0 unspecified atom stereocenters. The number of aryl methyl sites for hydroxylation is 1. The number of benzene rings is 2. The zero-order valence-electron chi connectivity index (χ0n) is 15.1. The van der Waals surface area contributed by atoms with Gasteiger partial charge in [-0.15, -0.1) is 0 Å². The Balaban J connectivity index is 1.86. The van der Waals surface area contributed by atoms with E-state index in [4.69, 9.17) is 21.1 Å². The number of hydrogen-bond acceptors (Lipinski definition) is 6. The van der Waals surface area contributed by atoms with Crippen LogP contribution in [0.3, 0.4) is 0 Å². The lowest BCUT2D eigenvalue weighted by atomic mass is 10.1. The summed E-state index contributed by atoms with van der Waals surface area (Å²) >= 11 is 5.80. The van der Waals surface area contributed by atoms with Crippen LogP contribution in [0, 0.1) is 10.1 Å². The minimum absolute atomic E-state index is 0.0642. The molecule has 0 radical (unpaired) electrons. The summed E-state index contributed by atoms with van der Waals surface area (Å²) in [5.41, 5.74) is 0.487. The number of anilines is 1. The van der Waals surface area contributed by atoms with E-state index in [9.17, 15) is 19.7 Å². The van der Waals surface area contributed by atoms with Crippen molar-refractivity contribution in [3.05, 3.63) is 63.2 Å². The molecule has 0 aliphatic rings. The van der Waals surface area contributed by atoms with Crippen LogP contribution in [-0.2, 0) is 20.7 Å². The maximum absolute atomic E-state index is 11.9. The molecule has 1 amide bonds. The lowest BCUT2D eigenvalue weighted by molar-refractivity contribution is -0.383. The van der Waals surface area contributed by atoms with E-state index in [1.54, 1.807) is 0 Å². The molecular formula is C19H19ClN2O6. The number of amides is 1. The van der Waals surface area contributed by atoms with Gasteiger partial charge in [-0.1, -0.05) is 29.8 Å². The van der Waals surface area contributed by atoms with Crippen LogP contribution in [0.2, 0.25) is 5.02 Å². The van der Waals surface area contributed by atoms with Gasteiger partial charge in [0.25, 0.3) is 11.6 Å². The quantitative estimate of drug-likeness (QED) is 0.386. The molecule has 0 saturated carbocycles. The second-order valence-corrected chi connectivity index (χ2v) is 6.10. The SMILES string of the molecule is CCOc1ccccc1CCC(=O)OCC(=O)Nc1cc(Cl)ccc1[N+](=O)[O-]. The third-order valence-electron chi connectivity index (χ3n) is 3.66. The van der Waals surface area contributed by atoms with Gasteiger partial charge in [0, 0.05) is 17.5 Å². The molecule has 2 aromatic carbocycles. The van der Waals surface area contributed by atoms with Crippen LogP contribution in [0.25, 0.3) is 0 Å². The molecule has 0 aromatic heterocycles. The van der Waals surface area contributed by atoms with Crippen LogP contribution in [-0.4, -0.2) is 30.0 Å². The molecule has 0 saturated heterocycles. The normalized spacial score (nSPS) is 10.2. The van der Waals surface area contributed by atoms with E-state index < -0.39 is 23.4 Å². The zero-order valence-corrected chi connectivity index (χ0v) is 15.9. The number of carbonyl (C=O) groups is 2. The van der Waals surface area contributed by atoms with Gasteiger partial charge in [0.05, 0.1) is 11.5 Å². The number of nitro benzene ring substituents is 1. The molecule has 2 rings (SSSR count). The molecular weight excluding hydrogens is 388 g/mol. The van der Waals surface area contributed by atoms with Crippen molar-refractivity contribution < 1.29 is 24.0 Å². The standard InChI is InChI=1S/C19H19ClN2O6/c1-2-27-17-6-4-3-5-13(17)7-10-19(24)28-12-18(23)21-15-11-14(20)8-9-16(15)22(25)26/h3-6,8-9,11H,2,7,10,12H2,1H3,(H,21,23). The highest BCUT2D eigenvalue weighted by Gasteiger charge is 2.17. The fraction of sp³-hybridized carbons (Fsp3) is 0.263. The number of ether oxygens (including phenoxy) is 2. The third-order valence-corrected chi connectivity index (χ3v) is 3.90. The van der Waals surface area contributed by atoms with Gasteiger partial charge < -0.3 is 14.8 Å². The van der Waals surface area contributed by atoms with Gasteiger partial charge in [-0.2, -0.15) is 0 Å². The molecule has 0 fully saturated rings. The van der Waals surface area contributed by atoms with Crippen molar-refractivity contribution in [3.63, 3.8) is 0 Å². The zero-order chi connectivity index (χ0) is 20.5. The summed E-state index contributed by atoms with van der Waals surface area (Å²) < 4.78 is 10.4. The Labute approximate surface area is 166 Å². The number of rotatable bonds is 9. The average Bonchev–Trinajstić information content (AvgIpc) is 2.65. The summed E-state index contributed by atoms with van der Waals surface area (Å²) in [5.74, 6) is -0.570. The summed E-state index contributed by atoms with van der Waals surface area (Å²) in [6, 6.07) is 11.1. The summed E-state index contributed by atoms with van der Waals surface area (Å²) in [4.78, 5) is 34.2. The Morgan fingerprint density at radius 2 is 1.96 bits per heavy atom. The van der Waals surface area contributed by atoms with Crippen molar-refractivity contribution in [1.82, 2.24) is 0 Å². The molecule has 1 N–H and O–H groups in total. The summed E-state index contributed by atoms with van der Waals surface area (Å²) in [6.07, 6.45) is 0.463. The molecule has 2 aromatic rings. The molecule has 0 heterocycles. The predicted molar refractivity (Wildman–Crippen MR) is 104 cm³/mol. The summed E-state index contributed by atoms with van der Waals surface area (Å²) in [5, 5.41) is 13.5. The van der Waals surface area contributed by atoms with Gasteiger partial charge in [0.1, 0.15) is 11.4 Å². The molecule has 8 nitrogen and oxygen atoms in total. The summed E-state index contributed by atoms with van der Waals surface area (Å²) in [6.45, 7) is 1.82. The van der Waals surface area contributed by atoms with Gasteiger partial charge in [0.15, 0.2) is 6.61 Å². The highest BCUT2D eigenvalue weighted by Crippen LogP contribution is 2.27. The predicted octanol–water partition coefficient (Wildman–Crippen LogP) is 3.76. The van der Waals surface area contributed by atoms with Gasteiger partial charge in [0.2, 0.25) is 0 Å². The number of nitrogens with zero attached hydrogens (tertiary/aromatic N) is 1. The Hall–Kier alpha value is -3.13. The van der Waals surface area contributed by atoms with E-state index in [2.05, 4.69) is 5.32 Å². The van der Waals surface area contributed by atoms with Gasteiger partial charge in [-0.3, -0.25) is 19.7 Å². The third kappa shape index (κ3) is 6.24. The first kappa shape index (κ1) is 21.2. The van der Waals surface area contributed by atoms with Gasteiger partial charge in [-0.25, -0.2) is 0 Å². The average molecular weight is 407 g/mol. The number of hydrogen-bond donors (Lipinski definition) is 1. The maximum atomic E-state index is 11.9. The van der Waals surface area contributed by atoms with Gasteiger partial charge in [-0.05, 0) is 37.1 Å². The van der Waals surface area contributed by atoms with Crippen molar-refractivity contribution in [2.24, 2.45) is 0 Å². The van der Waals surface area contributed by atoms with Crippen molar-refractivity contribution in [2.45, 2.75) is 19.8 Å². The van der Waals surface area contributed by atoms with Crippen LogP contribution in [0.15, 0.2) is 42.5 Å². The molecule has 0 atom stereocenters. The lowest BCUT2D eigenvalue weighted by Gasteiger charge is -2.10. The number of nitrogens with one attached hydrogen (secondary N) is 1. The fourth-order valence-electron chi connectivity index (χ4n) is 2.42. The molecule has 0 aliphatic heterocycles. The van der Waals surface area contributed by atoms with E-state index in [1.807, 2.05) is 31.2 Å². The Kier molecular flexibility index (Phi) is 7.76. The van der Waals surface area contributed by atoms with E-state index in [1.165, 1.54) is 18.2 Å². The molecule has 148 valence electrons. The highest BCUT2D eigenvalue weighted by atomic mass is 35.5. The molecule has 0 bridgehead atoms. The summed E-state index contributed by atoms with van der Waals surface area (Å²) in [7, 11) is 0. The number of esters is 1. The van der Waals surface area contributed by atoms with Crippen molar-refractivity contribution in [2.75, 3.05) is 18.5 Å². The van der Waals surface area contributed by atoms with Crippen molar-refractivity contribution >= 4 is 34.9 Å². The van der Waals surface area contributed by atoms with Crippen molar-refractivity contribution in [3.8, 4) is 5.75 Å². The van der Waals surface area contributed by atoms with Crippen LogP contribution in [0.5, 0.6) is 5.75 Å². The fourth-order valence-corrected chi connectivity index (χ4v) is 2.59. The first-order valence-electron chi connectivity index (χ1n) is 8.50. The number of carbonyl (C=O) groups excluding carboxylic acids is 2. The van der Waals surface area contributed by atoms with E-state index in [0.29, 0.717) is 18.8 Å². The number of nitro groups is 1. The van der Waals surface area contributed by atoms with E-state index in [-0.39, 0.29) is 22.8 Å². The molecule has 28 heavy (non-hydrogen) atoms. The first-order valence-corrected chi connectivity index (χ1v) is 8.88. The minimum atomic E-state index is -0.701. The lowest BCUT2D eigenvalue weighted by Crippen LogP contribution is -2.21. The number of para-hydroxylation sites is 1. The van der Waals surface area contributed by atoms with Gasteiger partial charge >= 0.3 is 5.97 Å². The largest absolute Gasteiger partial charge is 0.494 e. The highest BCUT2D eigenvalue weighted by molar-refractivity contribution is 6.31. The van der Waals surface area contributed by atoms with Crippen LogP contribution < -0.4 is 10.1 Å².